The number of nitrogens with zero attached hydrogens (tertiary/aromatic N) is 3. The highest BCUT2D eigenvalue weighted by Crippen LogP contribution is 2.19. The van der Waals surface area contributed by atoms with Crippen molar-refractivity contribution in [2.45, 2.75) is 20.3 Å². The highest BCUT2D eigenvalue weighted by atomic mass is 32.1. The molecule has 1 aromatic heterocycles. The number of piperazine rings is 1. The maximum Gasteiger partial charge on any atom is 0.323 e. The SMILES string of the molecule is Cc1ccc(C)c(NC(=O)Cc2csc(NC(=O)N3CCN(C)CC3)n2)c1. The zero-order valence-corrected chi connectivity index (χ0v) is 16.7. The molecule has 0 aliphatic carbocycles. The van der Waals surface area contributed by atoms with E-state index in [2.05, 4.69) is 20.5 Å². The van der Waals surface area contributed by atoms with Crippen molar-refractivity contribution in [1.82, 2.24) is 14.8 Å². The van der Waals surface area contributed by atoms with Gasteiger partial charge in [0.15, 0.2) is 5.13 Å². The van der Waals surface area contributed by atoms with Crippen LogP contribution in [0.25, 0.3) is 0 Å². The molecular weight excluding hydrogens is 362 g/mol. The van der Waals surface area contributed by atoms with E-state index in [1.54, 1.807) is 4.90 Å². The van der Waals surface area contributed by atoms with Gasteiger partial charge in [0.2, 0.25) is 5.91 Å². The summed E-state index contributed by atoms with van der Waals surface area (Å²) < 4.78 is 0. The van der Waals surface area contributed by atoms with Crippen LogP contribution in [0.2, 0.25) is 0 Å². The number of thiazole rings is 1. The van der Waals surface area contributed by atoms with Crippen LogP contribution >= 0.6 is 11.3 Å². The van der Waals surface area contributed by atoms with E-state index >= 15 is 0 Å². The average molecular weight is 388 g/mol. The van der Waals surface area contributed by atoms with Gasteiger partial charge in [-0.25, -0.2) is 9.78 Å². The number of likely N-dealkylation sites (N-methyl/N-ethyl adjacent to an activating group) is 1. The Balaban J connectivity index is 1.53. The number of aryl methyl sites for hydroxylation is 2. The quantitative estimate of drug-likeness (QED) is 0.846. The number of amides is 3. The van der Waals surface area contributed by atoms with Crippen LogP contribution in [0.5, 0.6) is 0 Å². The van der Waals surface area contributed by atoms with Crippen molar-refractivity contribution < 1.29 is 9.59 Å². The molecule has 2 aromatic rings. The monoisotopic (exact) mass is 387 g/mol. The normalized spacial score (nSPS) is 14.9. The number of carbonyl (C=O) groups excluding carboxylic acids is 2. The first-order chi connectivity index (χ1) is 12.9. The lowest BCUT2D eigenvalue weighted by atomic mass is 10.1. The van der Waals surface area contributed by atoms with Crippen molar-refractivity contribution in [3.63, 3.8) is 0 Å². The predicted octanol–water partition coefficient (Wildman–Crippen LogP) is 2.72. The third-order valence-corrected chi connectivity index (χ3v) is 5.37. The number of nitrogens with one attached hydrogen (secondary N) is 2. The molecule has 1 fully saturated rings. The van der Waals surface area contributed by atoms with Gasteiger partial charge >= 0.3 is 6.03 Å². The molecule has 8 heteroatoms. The Morgan fingerprint density at radius 2 is 1.89 bits per heavy atom. The van der Waals surface area contributed by atoms with Gasteiger partial charge in [-0.2, -0.15) is 0 Å². The molecule has 27 heavy (non-hydrogen) atoms. The molecule has 0 radical (unpaired) electrons. The van der Waals surface area contributed by atoms with Gasteiger partial charge in [-0.1, -0.05) is 12.1 Å². The minimum absolute atomic E-state index is 0.119. The Bertz CT molecular complexity index is 827. The Kier molecular flexibility index (Phi) is 6.08. The van der Waals surface area contributed by atoms with Crippen LogP contribution in [0.1, 0.15) is 16.8 Å². The smallest absolute Gasteiger partial charge is 0.323 e. The molecule has 144 valence electrons. The second-order valence-corrected chi connectivity index (χ2v) is 7.77. The Morgan fingerprint density at radius 1 is 1.15 bits per heavy atom. The Hall–Kier alpha value is -2.45. The van der Waals surface area contributed by atoms with E-state index in [4.69, 9.17) is 0 Å². The molecule has 0 bridgehead atoms. The fraction of sp³-hybridized carbons (Fsp3) is 0.421. The lowest BCUT2D eigenvalue weighted by Gasteiger charge is -2.32. The second-order valence-electron chi connectivity index (χ2n) is 6.91. The van der Waals surface area contributed by atoms with Gasteiger partial charge in [-0.05, 0) is 38.1 Å². The fourth-order valence-corrected chi connectivity index (χ4v) is 3.55. The summed E-state index contributed by atoms with van der Waals surface area (Å²) >= 11 is 1.34. The van der Waals surface area contributed by atoms with Crippen molar-refractivity contribution in [2.75, 3.05) is 43.9 Å². The van der Waals surface area contributed by atoms with Gasteiger partial charge in [-0.15, -0.1) is 11.3 Å². The van der Waals surface area contributed by atoms with E-state index < -0.39 is 0 Å². The number of aromatic nitrogens is 1. The summed E-state index contributed by atoms with van der Waals surface area (Å²) in [4.78, 5) is 33.0. The number of anilines is 2. The molecule has 2 N–H and O–H groups in total. The van der Waals surface area contributed by atoms with Crippen LogP contribution in [0.15, 0.2) is 23.6 Å². The molecule has 2 heterocycles. The van der Waals surface area contributed by atoms with Crippen LogP contribution in [0, 0.1) is 13.8 Å². The summed E-state index contributed by atoms with van der Waals surface area (Å²) in [6, 6.07) is 5.82. The highest BCUT2D eigenvalue weighted by molar-refractivity contribution is 7.13. The standard InChI is InChI=1S/C19H25N5O2S/c1-13-4-5-14(2)16(10-13)21-17(25)11-15-12-27-18(20-15)22-19(26)24-8-6-23(3)7-9-24/h4-5,10,12H,6-9,11H2,1-3H3,(H,21,25)(H,20,22,26). The van der Waals surface area contributed by atoms with Crippen LogP contribution < -0.4 is 10.6 Å². The first kappa shape index (κ1) is 19.3. The van der Waals surface area contributed by atoms with Crippen LogP contribution in [-0.2, 0) is 11.2 Å². The van der Waals surface area contributed by atoms with Crippen molar-refractivity contribution in [1.29, 1.82) is 0 Å². The Labute approximate surface area is 163 Å². The molecule has 0 saturated carbocycles. The number of hydrogen-bond donors (Lipinski definition) is 2. The summed E-state index contributed by atoms with van der Waals surface area (Å²) in [5.41, 5.74) is 3.58. The van der Waals surface area contributed by atoms with E-state index in [-0.39, 0.29) is 18.4 Å². The number of hydrogen-bond acceptors (Lipinski definition) is 5. The predicted molar refractivity (Wildman–Crippen MR) is 108 cm³/mol. The van der Waals surface area contributed by atoms with E-state index in [0.717, 1.165) is 29.9 Å². The van der Waals surface area contributed by atoms with E-state index in [9.17, 15) is 9.59 Å². The fourth-order valence-electron chi connectivity index (χ4n) is 2.86. The van der Waals surface area contributed by atoms with Gasteiger partial charge < -0.3 is 15.1 Å². The first-order valence-corrected chi connectivity index (χ1v) is 9.84. The maximum absolute atomic E-state index is 12.3. The van der Waals surface area contributed by atoms with Crippen LogP contribution in [-0.4, -0.2) is 59.9 Å². The van der Waals surface area contributed by atoms with E-state index in [1.807, 2.05) is 44.5 Å². The van der Waals surface area contributed by atoms with Gasteiger partial charge in [0.05, 0.1) is 12.1 Å². The summed E-state index contributed by atoms with van der Waals surface area (Å²) in [6.45, 7) is 7.11. The molecule has 1 saturated heterocycles. The van der Waals surface area contributed by atoms with Gasteiger partial charge in [0, 0.05) is 37.2 Å². The Morgan fingerprint density at radius 3 is 2.63 bits per heavy atom. The molecule has 3 rings (SSSR count). The highest BCUT2D eigenvalue weighted by Gasteiger charge is 2.20. The van der Waals surface area contributed by atoms with E-state index in [1.165, 1.54) is 11.3 Å². The lowest BCUT2D eigenvalue weighted by Crippen LogP contribution is -2.48. The molecule has 1 aliphatic rings. The molecule has 1 aliphatic heterocycles. The molecule has 0 spiro atoms. The van der Waals surface area contributed by atoms with Gasteiger partial charge in [-0.3, -0.25) is 10.1 Å². The molecule has 0 atom stereocenters. The number of urea groups is 1. The summed E-state index contributed by atoms with van der Waals surface area (Å²) in [7, 11) is 2.05. The minimum Gasteiger partial charge on any atom is -0.325 e. The van der Waals surface area contributed by atoms with Gasteiger partial charge in [0.1, 0.15) is 0 Å². The molecular formula is C19H25N5O2S. The topological polar surface area (TPSA) is 77.6 Å². The molecule has 1 aromatic carbocycles. The van der Waals surface area contributed by atoms with Crippen molar-refractivity contribution in [2.24, 2.45) is 0 Å². The summed E-state index contributed by atoms with van der Waals surface area (Å²) in [5, 5.41) is 8.09. The number of rotatable bonds is 4. The lowest BCUT2D eigenvalue weighted by molar-refractivity contribution is -0.115. The summed E-state index contributed by atoms with van der Waals surface area (Å²) in [5.74, 6) is -0.119. The number of carbonyl (C=O) groups is 2. The maximum atomic E-state index is 12.3. The number of benzene rings is 1. The zero-order chi connectivity index (χ0) is 19.4. The molecule has 7 nitrogen and oxygen atoms in total. The summed E-state index contributed by atoms with van der Waals surface area (Å²) in [6.07, 6.45) is 0.175. The largest absolute Gasteiger partial charge is 0.325 e. The van der Waals surface area contributed by atoms with Crippen molar-refractivity contribution in [3.05, 3.63) is 40.4 Å². The molecule has 0 unspecified atom stereocenters. The van der Waals surface area contributed by atoms with Crippen molar-refractivity contribution >= 4 is 34.1 Å². The second kappa shape index (κ2) is 8.49. The van der Waals surface area contributed by atoms with Crippen molar-refractivity contribution in [3.8, 4) is 0 Å². The minimum atomic E-state index is -0.135. The van der Waals surface area contributed by atoms with Gasteiger partial charge in [0.25, 0.3) is 0 Å². The van der Waals surface area contributed by atoms with E-state index in [0.29, 0.717) is 23.9 Å². The third-order valence-electron chi connectivity index (χ3n) is 4.56. The third kappa shape index (κ3) is 5.27. The molecule has 3 amide bonds. The zero-order valence-electron chi connectivity index (χ0n) is 15.9. The average Bonchev–Trinajstić information content (AvgIpc) is 3.05. The first-order valence-electron chi connectivity index (χ1n) is 8.96. The van der Waals surface area contributed by atoms with Crippen LogP contribution in [0.3, 0.4) is 0 Å². The van der Waals surface area contributed by atoms with Crippen LogP contribution in [0.4, 0.5) is 15.6 Å².